The predicted molar refractivity (Wildman–Crippen MR) is 76.7 cm³/mol. The Labute approximate surface area is 128 Å². The first-order valence-electron chi connectivity index (χ1n) is 7.04. The maximum Gasteiger partial charge on any atom is 0.334 e. The summed E-state index contributed by atoms with van der Waals surface area (Å²) < 4.78 is 15.8. The molecule has 1 N–H and O–H groups in total. The topological polar surface area (TPSA) is 85.3 Å². The molecule has 7 heteroatoms. The maximum atomic E-state index is 11.9. The second kappa shape index (κ2) is 8.35. The van der Waals surface area contributed by atoms with E-state index in [1.807, 2.05) is 30.3 Å². The van der Waals surface area contributed by atoms with E-state index < -0.39 is 12.1 Å². The molecule has 0 aromatic heterocycles. The first-order chi connectivity index (χ1) is 10.7. The first-order valence-corrected chi connectivity index (χ1v) is 7.04. The van der Waals surface area contributed by atoms with Crippen LogP contribution in [0.2, 0.25) is 0 Å². The van der Waals surface area contributed by atoms with Gasteiger partial charge in [0.25, 0.3) is 0 Å². The molecule has 1 aromatic carbocycles. The van der Waals surface area contributed by atoms with Gasteiger partial charge in [0.1, 0.15) is 19.0 Å². The Morgan fingerprint density at radius 2 is 2.05 bits per heavy atom. The van der Waals surface area contributed by atoms with Crippen LogP contribution < -0.4 is 4.74 Å². The van der Waals surface area contributed by atoms with Crippen LogP contribution in [0.25, 0.3) is 0 Å². The lowest BCUT2D eigenvalue weighted by Gasteiger charge is -2.30. The first kappa shape index (κ1) is 16.3. The maximum absolute atomic E-state index is 11.9. The number of rotatable bonds is 7. The Morgan fingerprint density at radius 1 is 1.27 bits per heavy atom. The van der Waals surface area contributed by atoms with Crippen molar-refractivity contribution in [3.63, 3.8) is 0 Å². The SMILES string of the molecule is O=C(O)[C@H]1CN(C(=O)COCCOc2ccccc2)CCO1. The summed E-state index contributed by atoms with van der Waals surface area (Å²) in [5, 5.41) is 8.88. The van der Waals surface area contributed by atoms with E-state index in [-0.39, 0.29) is 32.3 Å². The van der Waals surface area contributed by atoms with Crippen LogP contribution in [0.4, 0.5) is 0 Å². The van der Waals surface area contributed by atoms with Gasteiger partial charge in [0.15, 0.2) is 6.10 Å². The molecule has 0 spiro atoms. The van der Waals surface area contributed by atoms with Crippen LogP contribution in [0.5, 0.6) is 5.75 Å². The van der Waals surface area contributed by atoms with E-state index in [0.29, 0.717) is 13.2 Å². The largest absolute Gasteiger partial charge is 0.491 e. The van der Waals surface area contributed by atoms with Gasteiger partial charge in [-0.05, 0) is 12.1 Å². The Morgan fingerprint density at radius 3 is 2.77 bits per heavy atom. The zero-order valence-corrected chi connectivity index (χ0v) is 12.1. The number of benzene rings is 1. The highest BCUT2D eigenvalue weighted by Gasteiger charge is 2.28. The van der Waals surface area contributed by atoms with Gasteiger partial charge in [-0.25, -0.2) is 4.79 Å². The van der Waals surface area contributed by atoms with Crippen molar-refractivity contribution in [2.24, 2.45) is 0 Å². The zero-order valence-electron chi connectivity index (χ0n) is 12.1. The molecule has 1 aliphatic rings. The lowest BCUT2D eigenvalue weighted by Crippen LogP contribution is -2.49. The third-order valence-electron chi connectivity index (χ3n) is 3.16. The standard InChI is InChI=1S/C15H19NO6/c17-14(16-6-7-22-13(10-16)15(18)19)11-20-8-9-21-12-4-2-1-3-5-12/h1-5,13H,6-11H2,(H,18,19)/t13-/m1/s1. The molecule has 2 rings (SSSR count). The van der Waals surface area contributed by atoms with E-state index in [2.05, 4.69) is 0 Å². The van der Waals surface area contributed by atoms with Crippen molar-refractivity contribution in [3.8, 4) is 5.75 Å². The highest BCUT2D eigenvalue weighted by molar-refractivity contribution is 5.79. The summed E-state index contributed by atoms with van der Waals surface area (Å²) in [6, 6.07) is 9.32. The highest BCUT2D eigenvalue weighted by Crippen LogP contribution is 2.08. The van der Waals surface area contributed by atoms with Crippen LogP contribution in [-0.2, 0) is 19.1 Å². The molecule has 1 amide bonds. The minimum absolute atomic E-state index is 0.0536. The molecule has 0 aliphatic carbocycles. The van der Waals surface area contributed by atoms with E-state index in [1.54, 1.807) is 0 Å². The van der Waals surface area contributed by atoms with Crippen molar-refractivity contribution in [2.45, 2.75) is 6.10 Å². The summed E-state index contributed by atoms with van der Waals surface area (Å²) in [5.41, 5.74) is 0. The van der Waals surface area contributed by atoms with Gasteiger partial charge in [-0.2, -0.15) is 0 Å². The summed E-state index contributed by atoms with van der Waals surface area (Å²) in [5.74, 6) is -0.557. The molecule has 1 atom stereocenters. The zero-order chi connectivity index (χ0) is 15.8. The van der Waals surface area contributed by atoms with Crippen molar-refractivity contribution >= 4 is 11.9 Å². The molecule has 1 aliphatic heterocycles. The van der Waals surface area contributed by atoms with Gasteiger partial charge in [0, 0.05) is 6.54 Å². The lowest BCUT2D eigenvalue weighted by molar-refractivity contribution is -0.160. The average Bonchev–Trinajstić information content (AvgIpc) is 2.55. The molecule has 1 saturated heterocycles. The van der Waals surface area contributed by atoms with Gasteiger partial charge in [0.2, 0.25) is 5.91 Å². The normalized spacial score (nSPS) is 18.0. The molecule has 1 fully saturated rings. The molecule has 0 radical (unpaired) electrons. The van der Waals surface area contributed by atoms with E-state index in [4.69, 9.17) is 19.3 Å². The molecule has 0 saturated carbocycles. The fourth-order valence-electron chi connectivity index (χ4n) is 2.01. The van der Waals surface area contributed by atoms with Crippen LogP contribution in [0.15, 0.2) is 30.3 Å². The number of amides is 1. The average molecular weight is 309 g/mol. The number of aliphatic carboxylic acids is 1. The minimum Gasteiger partial charge on any atom is -0.491 e. The Balaban J connectivity index is 1.62. The van der Waals surface area contributed by atoms with Gasteiger partial charge in [-0.3, -0.25) is 4.79 Å². The summed E-state index contributed by atoms with van der Waals surface area (Å²) in [7, 11) is 0. The Hall–Kier alpha value is -2.12. The molecule has 1 heterocycles. The number of ether oxygens (including phenoxy) is 3. The van der Waals surface area contributed by atoms with Crippen molar-refractivity contribution in [2.75, 3.05) is 39.5 Å². The summed E-state index contributed by atoms with van der Waals surface area (Å²) in [6.07, 6.45) is -0.959. The lowest BCUT2D eigenvalue weighted by atomic mass is 10.2. The minimum atomic E-state index is -1.06. The number of carbonyl (C=O) groups excluding carboxylic acids is 1. The Kier molecular flexibility index (Phi) is 6.17. The summed E-state index contributed by atoms with van der Waals surface area (Å²) in [6.45, 7) is 1.19. The van der Waals surface area contributed by atoms with Gasteiger partial charge >= 0.3 is 5.97 Å². The summed E-state index contributed by atoms with van der Waals surface area (Å²) in [4.78, 5) is 24.2. The van der Waals surface area contributed by atoms with E-state index in [1.165, 1.54) is 4.90 Å². The van der Waals surface area contributed by atoms with Crippen LogP contribution >= 0.6 is 0 Å². The predicted octanol–water partition coefficient (Wildman–Crippen LogP) is 0.394. The fraction of sp³-hybridized carbons (Fsp3) is 0.467. The van der Waals surface area contributed by atoms with Crippen molar-refractivity contribution in [1.29, 1.82) is 0 Å². The molecule has 120 valence electrons. The molecule has 22 heavy (non-hydrogen) atoms. The van der Waals surface area contributed by atoms with Crippen molar-refractivity contribution < 1.29 is 28.9 Å². The van der Waals surface area contributed by atoms with Gasteiger partial charge in [-0.1, -0.05) is 18.2 Å². The van der Waals surface area contributed by atoms with Gasteiger partial charge < -0.3 is 24.2 Å². The summed E-state index contributed by atoms with van der Waals surface area (Å²) >= 11 is 0. The monoisotopic (exact) mass is 309 g/mol. The molecule has 0 unspecified atom stereocenters. The fourth-order valence-corrected chi connectivity index (χ4v) is 2.01. The van der Waals surface area contributed by atoms with Crippen molar-refractivity contribution in [1.82, 2.24) is 4.90 Å². The van der Waals surface area contributed by atoms with Crippen LogP contribution in [0, 0.1) is 0 Å². The van der Waals surface area contributed by atoms with Crippen molar-refractivity contribution in [3.05, 3.63) is 30.3 Å². The molecule has 7 nitrogen and oxygen atoms in total. The smallest absolute Gasteiger partial charge is 0.334 e. The van der Waals surface area contributed by atoms with Gasteiger partial charge in [0.05, 0.1) is 19.8 Å². The number of carboxylic acids is 1. The quantitative estimate of drug-likeness (QED) is 0.734. The molecule has 1 aromatic rings. The number of carbonyl (C=O) groups is 2. The van der Waals surface area contributed by atoms with E-state index >= 15 is 0 Å². The van der Waals surface area contributed by atoms with Gasteiger partial charge in [-0.15, -0.1) is 0 Å². The number of hydrogen-bond acceptors (Lipinski definition) is 5. The number of morpholine rings is 1. The van der Waals surface area contributed by atoms with Crippen LogP contribution in [0.3, 0.4) is 0 Å². The highest BCUT2D eigenvalue weighted by atomic mass is 16.5. The third-order valence-corrected chi connectivity index (χ3v) is 3.16. The number of para-hydroxylation sites is 1. The molecular formula is C15H19NO6. The Bertz CT molecular complexity index is 492. The van der Waals surface area contributed by atoms with Crippen LogP contribution in [0.1, 0.15) is 0 Å². The number of hydrogen-bond donors (Lipinski definition) is 1. The number of nitrogens with zero attached hydrogens (tertiary/aromatic N) is 1. The van der Waals surface area contributed by atoms with E-state index in [0.717, 1.165) is 5.75 Å². The second-order valence-electron chi connectivity index (χ2n) is 4.75. The van der Waals surface area contributed by atoms with Crippen LogP contribution in [-0.4, -0.2) is 67.5 Å². The van der Waals surface area contributed by atoms with E-state index in [9.17, 15) is 9.59 Å². The third kappa shape index (κ3) is 5.01. The molecular weight excluding hydrogens is 290 g/mol. The molecule has 0 bridgehead atoms. The second-order valence-corrected chi connectivity index (χ2v) is 4.75. The number of carboxylic acid groups (broad SMARTS) is 1.